The summed E-state index contributed by atoms with van der Waals surface area (Å²) in [7, 11) is 4.02. The third kappa shape index (κ3) is 8.18. The van der Waals surface area contributed by atoms with Gasteiger partial charge in [-0.2, -0.15) is 0 Å². The number of aryl methyl sites for hydroxylation is 2. The molecule has 1 atom stereocenters. The Morgan fingerprint density at radius 3 is 1.96 bits per heavy atom. The summed E-state index contributed by atoms with van der Waals surface area (Å²) in [6.07, 6.45) is 10.9. The Balaban J connectivity index is 1.39. The number of allylic oxidation sites excluding steroid dienone is 4. The zero-order valence-corrected chi connectivity index (χ0v) is 32.3. The highest BCUT2D eigenvalue weighted by Gasteiger charge is 2.23. The molecule has 1 amide bonds. The lowest BCUT2D eigenvalue weighted by molar-refractivity contribution is -0.136. The van der Waals surface area contributed by atoms with Gasteiger partial charge in [0, 0.05) is 63.6 Å². The van der Waals surface area contributed by atoms with Gasteiger partial charge < -0.3 is 20.4 Å². The summed E-state index contributed by atoms with van der Waals surface area (Å²) in [4.78, 5) is 42.2. The molecule has 52 heavy (non-hydrogen) atoms. The van der Waals surface area contributed by atoms with Crippen LogP contribution in [0.25, 0.3) is 56.5 Å². The molecule has 4 N–H and O–H groups in total. The van der Waals surface area contributed by atoms with Crippen molar-refractivity contribution in [3.8, 4) is 0 Å². The van der Waals surface area contributed by atoms with Crippen molar-refractivity contribution in [2.24, 2.45) is 0 Å². The molecule has 1 saturated heterocycles. The number of hydrogen-bond acceptors (Lipinski definition) is 6. The number of carboxylic acids is 1. The predicted molar refractivity (Wildman–Crippen MR) is 222 cm³/mol. The number of H-pyrrole nitrogens is 2. The van der Waals surface area contributed by atoms with Crippen LogP contribution >= 0.6 is 21.6 Å². The molecule has 0 spiro atoms. The van der Waals surface area contributed by atoms with Crippen molar-refractivity contribution in [3.63, 3.8) is 0 Å². The van der Waals surface area contributed by atoms with Crippen LogP contribution in [0, 0.1) is 13.8 Å². The van der Waals surface area contributed by atoms with Gasteiger partial charge in [0.05, 0.1) is 22.8 Å². The fraction of sp³-hybridized carbons (Fsp3) is 0.381. The zero-order chi connectivity index (χ0) is 36.9. The van der Waals surface area contributed by atoms with E-state index in [4.69, 9.17) is 9.97 Å². The van der Waals surface area contributed by atoms with Gasteiger partial charge in [0.15, 0.2) is 0 Å². The third-order valence-electron chi connectivity index (χ3n) is 10.5. The van der Waals surface area contributed by atoms with Gasteiger partial charge in [-0.1, -0.05) is 59.7 Å². The van der Waals surface area contributed by atoms with E-state index in [1.807, 2.05) is 52.8 Å². The molecule has 1 unspecified atom stereocenters. The number of nitrogens with one attached hydrogen (secondary N) is 3. The maximum Gasteiger partial charge on any atom is 0.303 e. The number of aromatic nitrogens is 4. The van der Waals surface area contributed by atoms with Gasteiger partial charge in [-0.05, 0) is 117 Å². The average molecular weight is 736 g/mol. The Morgan fingerprint density at radius 1 is 0.808 bits per heavy atom. The smallest absolute Gasteiger partial charge is 0.303 e. The number of amides is 1. The average Bonchev–Trinajstić information content (AvgIpc) is 3.92. The highest BCUT2D eigenvalue weighted by Crippen LogP contribution is 2.40. The topological polar surface area (TPSA) is 124 Å². The monoisotopic (exact) mass is 735 g/mol. The first-order valence-electron chi connectivity index (χ1n) is 18.3. The van der Waals surface area contributed by atoms with Gasteiger partial charge in [-0.15, -0.1) is 0 Å². The van der Waals surface area contributed by atoms with E-state index in [1.165, 1.54) is 25.0 Å². The van der Waals surface area contributed by atoms with E-state index in [0.29, 0.717) is 31.5 Å². The molecule has 3 aliphatic heterocycles. The molecule has 3 aromatic rings. The number of carboxylic acid groups (broad SMARTS) is 1. The lowest BCUT2D eigenvalue weighted by atomic mass is 9.98. The Bertz CT molecular complexity index is 2150. The van der Waals surface area contributed by atoms with E-state index < -0.39 is 5.97 Å². The van der Waals surface area contributed by atoms with Gasteiger partial charge in [-0.3, -0.25) is 9.59 Å². The minimum absolute atomic E-state index is 0.00911. The fourth-order valence-corrected chi connectivity index (χ4v) is 10.4. The second-order valence-electron chi connectivity index (χ2n) is 13.9. The maximum atomic E-state index is 13.1. The second-order valence-corrected chi connectivity index (χ2v) is 16.6. The number of carbonyl (C=O) groups is 2. The van der Waals surface area contributed by atoms with Crippen LogP contribution in [0.15, 0.2) is 37.4 Å². The fourth-order valence-electron chi connectivity index (χ4n) is 7.33. The summed E-state index contributed by atoms with van der Waals surface area (Å²) in [5.41, 5.74) is 14.6. The van der Waals surface area contributed by atoms with Crippen molar-refractivity contribution in [2.75, 3.05) is 12.3 Å². The minimum Gasteiger partial charge on any atom is -0.481 e. The quantitative estimate of drug-likeness (QED) is 0.0960. The summed E-state index contributed by atoms with van der Waals surface area (Å²) in [5, 5.41) is 13.5. The lowest BCUT2D eigenvalue weighted by Crippen LogP contribution is -2.24. The first-order chi connectivity index (χ1) is 25.1. The van der Waals surface area contributed by atoms with Crippen LogP contribution in [0.1, 0.15) is 117 Å². The molecule has 0 aliphatic carbocycles. The van der Waals surface area contributed by atoms with Crippen molar-refractivity contribution in [3.05, 3.63) is 82.5 Å². The molecule has 0 aromatic carbocycles. The maximum absolute atomic E-state index is 13.1. The molecule has 10 heteroatoms. The van der Waals surface area contributed by atoms with Crippen molar-refractivity contribution in [1.29, 1.82) is 0 Å². The second kappa shape index (κ2) is 16.6. The molecule has 272 valence electrons. The summed E-state index contributed by atoms with van der Waals surface area (Å²) < 4.78 is 0. The van der Waals surface area contributed by atoms with Gasteiger partial charge >= 0.3 is 5.97 Å². The largest absolute Gasteiger partial charge is 0.481 e. The molecule has 3 aromatic heterocycles. The third-order valence-corrected chi connectivity index (χ3v) is 13.5. The van der Waals surface area contributed by atoms with E-state index >= 15 is 0 Å². The first-order valence-corrected chi connectivity index (χ1v) is 20.6. The van der Waals surface area contributed by atoms with Crippen molar-refractivity contribution < 1.29 is 14.7 Å². The number of hydrogen-bond donors (Lipinski definition) is 4. The molecule has 0 saturated carbocycles. The highest BCUT2D eigenvalue weighted by molar-refractivity contribution is 8.77. The molecular weight excluding hydrogens is 687 g/mol. The van der Waals surface area contributed by atoms with Crippen LogP contribution in [0.5, 0.6) is 0 Å². The van der Waals surface area contributed by atoms with E-state index in [2.05, 4.69) is 61.3 Å². The first kappa shape index (κ1) is 37.5. The molecule has 0 radical (unpaired) electrons. The molecule has 8 bridgehead atoms. The number of aromatic amines is 2. The molecule has 6 rings (SSSR count). The van der Waals surface area contributed by atoms with Crippen LogP contribution in [0.4, 0.5) is 0 Å². The number of unbranched alkanes of at least 4 members (excludes halogenated alkanes) is 2. The molecule has 8 nitrogen and oxygen atoms in total. The molecule has 1 fully saturated rings. The van der Waals surface area contributed by atoms with Gasteiger partial charge in [-0.25, -0.2) is 9.97 Å². The van der Waals surface area contributed by atoms with E-state index in [9.17, 15) is 14.7 Å². The standard InChI is InChI=1S/C42H49N5O3S2/c1-7-29-24(3)33-20-34-27(6)32(14-16-42(49)50)40(46-34)23-39-31(13-15-41(48)43-18-11-9-10-12-28-17-19-51-52-28)26(5)36(47-39)22-38-30(8-2)25(4)35(45-38)21-37(29)44-33/h7-8,20-23,28,44-45H,1-2,9-19H2,3-6H3,(H,43,48)(H,49,50). The van der Waals surface area contributed by atoms with Crippen LogP contribution < -0.4 is 5.32 Å². The lowest BCUT2D eigenvalue weighted by Gasteiger charge is -2.09. The molecular formula is C42H49N5O3S2. The SMILES string of the molecule is C=Cc1c(C)c2cc3[nH]c(cc4nc(cc5nc(cc1[nH]2)C(C)=C5CCC(=O)NCCCCCC1CCSS1)C(CCC(=O)O)=C4C)c(C)c3C=C. The van der Waals surface area contributed by atoms with Crippen molar-refractivity contribution in [2.45, 2.75) is 90.7 Å². The summed E-state index contributed by atoms with van der Waals surface area (Å²) in [6, 6.07) is 8.16. The number of rotatable bonds is 14. The normalized spacial score (nSPS) is 15.7. The zero-order valence-electron chi connectivity index (χ0n) is 30.7. The summed E-state index contributed by atoms with van der Waals surface area (Å²) in [6.45, 7) is 17.1. The van der Waals surface area contributed by atoms with E-state index in [-0.39, 0.29) is 12.3 Å². The molecule has 3 aliphatic rings. The summed E-state index contributed by atoms with van der Waals surface area (Å²) >= 11 is 0. The number of nitrogens with zero attached hydrogens (tertiary/aromatic N) is 2. The van der Waals surface area contributed by atoms with Crippen LogP contribution in [-0.2, 0) is 9.59 Å². The Morgan fingerprint density at radius 2 is 1.38 bits per heavy atom. The summed E-state index contributed by atoms with van der Waals surface area (Å²) in [5.74, 6) is 0.444. The van der Waals surface area contributed by atoms with Crippen LogP contribution in [-0.4, -0.2) is 54.5 Å². The highest BCUT2D eigenvalue weighted by atomic mass is 33.1. The van der Waals surface area contributed by atoms with Crippen molar-refractivity contribution >= 4 is 90.0 Å². The Hall–Kier alpha value is -4.28. The minimum atomic E-state index is -0.859. The Kier molecular flexibility index (Phi) is 12.0. The number of fused-ring (bicyclic) bond motifs is 8. The predicted octanol–water partition coefficient (Wildman–Crippen LogP) is 10.6. The van der Waals surface area contributed by atoms with Crippen molar-refractivity contribution in [1.82, 2.24) is 25.3 Å². The molecule has 6 heterocycles. The van der Waals surface area contributed by atoms with Gasteiger partial charge in [0.2, 0.25) is 5.91 Å². The van der Waals surface area contributed by atoms with E-state index in [1.54, 1.807) is 0 Å². The van der Waals surface area contributed by atoms with E-state index in [0.717, 1.165) is 102 Å². The van der Waals surface area contributed by atoms with Crippen LogP contribution in [0.2, 0.25) is 0 Å². The van der Waals surface area contributed by atoms with Gasteiger partial charge in [0.25, 0.3) is 0 Å². The number of carbonyl (C=O) groups excluding carboxylic acids is 1. The Labute approximate surface area is 314 Å². The van der Waals surface area contributed by atoms with Gasteiger partial charge in [0.1, 0.15) is 0 Å². The number of aliphatic carboxylic acids is 1. The van der Waals surface area contributed by atoms with Crippen LogP contribution in [0.3, 0.4) is 0 Å².